The van der Waals surface area contributed by atoms with E-state index in [0.29, 0.717) is 12.0 Å². The van der Waals surface area contributed by atoms with Crippen LogP contribution in [0.3, 0.4) is 0 Å². The maximum absolute atomic E-state index is 11.8. The lowest BCUT2D eigenvalue weighted by atomic mass is 10.0. The third kappa shape index (κ3) is 2.14. The average Bonchev–Trinajstić information content (AvgIpc) is 2.27. The number of fused-ring (bicyclic) bond motifs is 1. The predicted molar refractivity (Wildman–Crippen MR) is 63.3 cm³/mol. The van der Waals surface area contributed by atoms with Crippen molar-refractivity contribution in [2.24, 2.45) is 0 Å². The number of aromatic nitrogens is 2. The molecule has 0 aliphatic heterocycles. The number of rotatable bonds is 3. The smallest absolute Gasteiger partial charge is 0.166 e. The fourth-order valence-electron chi connectivity index (χ4n) is 1.51. The molecule has 2 aromatic rings. The summed E-state index contributed by atoms with van der Waals surface area (Å²) in [6.07, 6.45) is 3.64. The fraction of sp³-hybridized carbons (Fsp3) is 0.154. The molecule has 0 N–H and O–H groups in total. The van der Waals surface area contributed by atoms with E-state index >= 15 is 0 Å². The van der Waals surface area contributed by atoms with Crippen LogP contribution in [0.5, 0.6) is 0 Å². The van der Waals surface area contributed by atoms with Crippen molar-refractivity contribution < 1.29 is 4.79 Å². The van der Waals surface area contributed by atoms with Gasteiger partial charge in [0.15, 0.2) is 5.78 Å². The van der Waals surface area contributed by atoms with Crippen molar-refractivity contribution in [3.05, 3.63) is 48.3 Å². The van der Waals surface area contributed by atoms with Crippen LogP contribution in [0.4, 0.5) is 0 Å². The van der Waals surface area contributed by atoms with E-state index in [1.165, 1.54) is 0 Å². The van der Waals surface area contributed by atoms with Crippen LogP contribution >= 0.6 is 0 Å². The molecule has 0 radical (unpaired) electrons. The second-order valence-corrected chi connectivity index (χ2v) is 3.82. The summed E-state index contributed by atoms with van der Waals surface area (Å²) in [6.45, 7) is 5.58. The number of Topliss-reactive ketones (excluding diaryl/α,β-unsaturated/α-hetero) is 1. The Morgan fingerprint density at radius 3 is 2.62 bits per heavy atom. The summed E-state index contributed by atoms with van der Waals surface area (Å²) in [5.41, 5.74) is 3.07. The maximum atomic E-state index is 11.8. The molecule has 0 aliphatic rings. The Kier molecular flexibility index (Phi) is 2.77. The van der Waals surface area contributed by atoms with E-state index in [0.717, 1.165) is 16.6 Å². The number of carbonyl (C=O) groups is 1. The van der Waals surface area contributed by atoms with Gasteiger partial charge < -0.3 is 0 Å². The molecule has 0 unspecified atom stereocenters. The van der Waals surface area contributed by atoms with Crippen LogP contribution in [0.1, 0.15) is 23.7 Å². The van der Waals surface area contributed by atoms with E-state index in [9.17, 15) is 4.79 Å². The summed E-state index contributed by atoms with van der Waals surface area (Å²) >= 11 is 0. The molecule has 1 heterocycles. The number of nitrogens with zero attached hydrogens (tertiary/aromatic N) is 2. The molecular weight excluding hydrogens is 200 g/mol. The summed E-state index contributed by atoms with van der Waals surface area (Å²) in [4.78, 5) is 20.1. The number of hydrogen-bond acceptors (Lipinski definition) is 3. The SMILES string of the molecule is C=C(C)CC(=O)c1ccc2nccnc2c1. The van der Waals surface area contributed by atoms with Crippen molar-refractivity contribution in [3.63, 3.8) is 0 Å². The van der Waals surface area contributed by atoms with Gasteiger partial charge in [0.05, 0.1) is 11.0 Å². The molecule has 0 fully saturated rings. The molecule has 3 heteroatoms. The van der Waals surface area contributed by atoms with Gasteiger partial charge in [-0.15, -0.1) is 0 Å². The van der Waals surface area contributed by atoms with E-state index in [1.54, 1.807) is 24.5 Å². The standard InChI is InChI=1S/C13H12N2O/c1-9(2)7-13(16)10-3-4-11-12(8-10)15-6-5-14-11/h3-6,8H,1,7H2,2H3. The highest BCUT2D eigenvalue weighted by Crippen LogP contribution is 2.13. The molecule has 0 saturated heterocycles. The van der Waals surface area contributed by atoms with Gasteiger partial charge in [0.2, 0.25) is 0 Å². The molecule has 2 rings (SSSR count). The topological polar surface area (TPSA) is 42.9 Å². The third-order valence-corrected chi connectivity index (χ3v) is 2.25. The van der Waals surface area contributed by atoms with Gasteiger partial charge in [0.25, 0.3) is 0 Å². The van der Waals surface area contributed by atoms with Crippen LogP contribution in [0.15, 0.2) is 42.7 Å². The highest BCUT2D eigenvalue weighted by atomic mass is 16.1. The first-order chi connectivity index (χ1) is 7.66. The lowest BCUT2D eigenvalue weighted by molar-refractivity contribution is 0.0993. The number of allylic oxidation sites excluding steroid dienone is 1. The van der Waals surface area contributed by atoms with Crippen molar-refractivity contribution in [3.8, 4) is 0 Å². The van der Waals surface area contributed by atoms with Gasteiger partial charge in [-0.3, -0.25) is 14.8 Å². The van der Waals surface area contributed by atoms with Crippen molar-refractivity contribution in [2.75, 3.05) is 0 Å². The fourth-order valence-corrected chi connectivity index (χ4v) is 1.51. The van der Waals surface area contributed by atoms with E-state index in [4.69, 9.17) is 0 Å². The molecular formula is C13H12N2O. The normalized spacial score (nSPS) is 10.3. The number of carbonyl (C=O) groups excluding carboxylic acids is 1. The predicted octanol–water partition coefficient (Wildman–Crippen LogP) is 2.78. The molecule has 16 heavy (non-hydrogen) atoms. The Morgan fingerprint density at radius 2 is 1.94 bits per heavy atom. The lowest BCUT2D eigenvalue weighted by Crippen LogP contribution is -1.99. The number of benzene rings is 1. The van der Waals surface area contributed by atoms with Crippen LogP contribution < -0.4 is 0 Å². The second-order valence-electron chi connectivity index (χ2n) is 3.82. The van der Waals surface area contributed by atoms with Crippen LogP contribution in [0, 0.1) is 0 Å². The van der Waals surface area contributed by atoms with Gasteiger partial charge in [0.1, 0.15) is 0 Å². The second kappa shape index (κ2) is 4.23. The van der Waals surface area contributed by atoms with E-state index in [-0.39, 0.29) is 5.78 Å². The van der Waals surface area contributed by atoms with Gasteiger partial charge in [-0.25, -0.2) is 0 Å². The van der Waals surface area contributed by atoms with E-state index in [1.807, 2.05) is 13.0 Å². The van der Waals surface area contributed by atoms with Gasteiger partial charge in [-0.2, -0.15) is 0 Å². The summed E-state index contributed by atoms with van der Waals surface area (Å²) in [5.74, 6) is 0.0695. The van der Waals surface area contributed by atoms with Crippen molar-refractivity contribution in [2.45, 2.75) is 13.3 Å². The van der Waals surface area contributed by atoms with Crippen LogP contribution in [-0.4, -0.2) is 15.8 Å². The Balaban J connectivity index is 2.39. The van der Waals surface area contributed by atoms with Crippen molar-refractivity contribution in [1.29, 1.82) is 0 Å². The first-order valence-electron chi connectivity index (χ1n) is 5.05. The first kappa shape index (κ1) is 10.5. The van der Waals surface area contributed by atoms with Gasteiger partial charge in [-0.1, -0.05) is 12.2 Å². The summed E-state index contributed by atoms with van der Waals surface area (Å²) in [6, 6.07) is 5.36. The zero-order chi connectivity index (χ0) is 11.5. The summed E-state index contributed by atoms with van der Waals surface area (Å²) in [5, 5.41) is 0. The summed E-state index contributed by atoms with van der Waals surface area (Å²) in [7, 11) is 0. The highest BCUT2D eigenvalue weighted by molar-refractivity contribution is 5.99. The van der Waals surface area contributed by atoms with Gasteiger partial charge in [0, 0.05) is 24.4 Å². The molecule has 1 aromatic carbocycles. The zero-order valence-corrected chi connectivity index (χ0v) is 9.10. The molecule has 0 amide bonds. The Morgan fingerprint density at radius 1 is 1.25 bits per heavy atom. The molecule has 3 nitrogen and oxygen atoms in total. The van der Waals surface area contributed by atoms with Crippen LogP contribution in [-0.2, 0) is 0 Å². The van der Waals surface area contributed by atoms with Crippen molar-refractivity contribution in [1.82, 2.24) is 9.97 Å². The largest absolute Gasteiger partial charge is 0.294 e. The maximum Gasteiger partial charge on any atom is 0.166 e. The first-order valence-corrected chi connectivity index (χ1v) is 5.05. The Hall–Kier alpha value is -2.03. The minimum absolute atomic E-state index is 0.0695. The Labute approximate surface area is 93.8 Å². The minimum atomic E-state index is 0.0695. The molecule has 0 saturated carbocycles. The monoisotopic (exact) mass is 212 g/mol. The minimum Gasteiger partial charge on any atom is -0.294 e. The molecule has 0 aliphatic carbocycles. The zero-order valence-electron chi connectivity index (χ0n) is 9.10. The van der Waals surface area contributed by atoms with Crippen LogP contribution in [0.2, 0.25) is 0 Å². The molecule has 0 bridgehead atoms. The van der Waals surface area contributed by atoms with Gasteiger partial charge in [-0.05, 0) is 25.1 Å². The molecule has 1 aromatic heterocycles. The lowest BCUT2D eigenvalue weighted by Gasteiger charge is -2.01. The van der Waals surface area contributed by atoms with Gasteiger partial charge >= 0.3 is 0 Å². The molecule has 80 valence electrons. The van der Waals surface area contributed by atoms with Crippen molar-refractivity contribution >= 4 is 16.8 Å². The van der Waals surface area contributed by atoms with E-state index < -0.39 is 0 Å². The van der Waals surface area contributed by atoms with Crippen LogP contribution in [0.25, 0.3) is 11.0 Å². The molecule has 0 atom stereocenters. The van der Waals surface area contributed by atoms with E-state index in [2.05, 4.69) is 16.5 Å². The third-order valence-electron chi connectivity index (χ3n) is 2.25. The average molecular weight is 212 g/mol. The summed E-state index contributed by atoms with van der Waals surface area (Å²) < 4.78 is 0. The number of ketones is 1. The quantitative estimate of drug-likeness (QED) is 0.580. The number of hydrogen-bond donors (Lipinski definition) is 0. The Bertz CT molecular complexity index is 561. The molecule has 0 spiro atoms. The highest BCUT2D eigenvalue weighted by Gasteiger charge is 2.07.